The lowest BCUT2D eigenvalue weighted by molar-refractivity contribution is -0.138. The first-order chi connectivity index (χ1) is 14.1. The summed E-state index contributed by atoms with van der Waals surface area (Å²) < 4.78 is 6.99. The molecule has 1 aliphatic rings. The first kappa shape index (κ1) is 18.9. The molecule has 4 rings (SSSR count). The van der Waals surface area contributed by atoms with Crippen molar-refractivity contribution in [3.63, 3.8) is 0 Å². The monoisotopic (exact) mass is 390 g/mol. The zero-order chi connectivity index (χ0) is 20.2. The summed E-state index contributed by atoms with van der Waals surface area (Å²) in [4.78, 5) is 31.2. The number of carbonyl (C=O) groups excluding carboxylic acids is 2. The second-order valence-electron chi connectivity index (χ2n) is 6.95. The van der Waals surface area contributed by atoms with Crippen LogP contribution in [-0.2, 0) is 9.53 Å². The minimum absolute atomic E-state index is 0.0752. The third kappa shape index (κ3) is 4.03. The molecule has 0 N–H and O–H groups in total. The number of para-hydroxylation sites is 1. The van der Waals surface area contributed by atoms with Crippen LogP contribution in [0.4, 0.5) is 0 Å². The fourth-order valence-corrected chi connectivity index (χ4v) is 3.38. The Morgan fingerprint density at radius 2 is 1.59 bits per heavy atom. The third-order valence-electron chi connectivity index (χ3n) is 4.87. The predicted octanol–water partition coefficient (Wildman–Crippen LogP) is 3.10. The number of esters is 1. The molecule has 2 heterocycles. The number of amides is 1. The number of carbonyl (C=O) groups is 2. The summed E-state index contributed by atoms with van der Waals surface area (Å²) in [5.74, 6) is -0.436. The molecule has 1 atom stereocenters. The maximum absolute atomic E-state index is 12.7. The molecule has 1 amide bonds. The number of aromatic nitrogens is 3. The van der Waals surface area contributed by atoms with Crippen molar-refractivity contribution in [3.8, 4) is 17.1 Å². The van der Waals surface area contributed by atoms with E-state index >= 15 is 0 Å². The minimum atomic E-state index is -0.871. The molecule has 0 radical (unpaired) electrons. The molecular formula is C22H22N4O3. The Labute approximate surface area is 168 Å². The van der Waals surface area contributed by atoms with Gasteiger partial charge in [-0.15, -0.1) is 5.10 Å². The standard InChI is InChI=1S/C22H22N4O3/c1-16(21(27)25-14-8-9-15-25)29-22(28)19-23-20(17-10-4-2-5-11-17)26(24-19)18-12-6-3-7-13-18/h2-7,10-13,16H,8-9,14-15H2,1H3. The summed E-state index contributed by atoms with van der Waals surface area (Å²) in [6.45, 7) is 3.00. The fraction of sp³-hybridized carbons (Fsp3) is 0.273. The smallest absolute Gasteiger partial charge is 0.379 e. The Balaban J connectivity index is 1.61. The Morgan fingerprint density at radius 3 is 2.24 bits per heavy atom. The SMILES string of the molecule is CC(OC(=O)c1nc(-c2ccccc2)n(-c2ccccc2)n1)C(=O)N1CCCC1. The van der Waals surface area contributed by atoms with Crippen molar-refractivity contribution in [3.05, 3.63) is 66.5 Å². The highest BCUT2D eigenvalue weighted by molar-refractivity contribution is 5.89. The highest BCUT2D eigenvalue weighted by Crippen LogP contribution is 2.21. The first-order valence-electron chi connectivity index (χ1n) is 9.71. The summed E-state index contributed by atoms with van der Waals surface area (Å²) in [5.41, 5.74) is 1.60. The van der Waals surface area contributed by atoms with Crippen molar-refractivity contribution in [2.24, 2.45) is 0 Å². The number of ether oxygens (including phenoxy) is 1. The molecule has 7 nitrogen and oxygen atoms in total. The van der Waals surface area contributed by atoms with Crippen molar-refractivity contribution < 1.29 is 14.3 Å². The van der Waals surface area contributed by atoms with E-state index in [1.807, 2.05) is 60.7 Å². The van der Waals surface area contributed by atoms with Crippen molar-refractivity contribution in [1.29, 1.82) is 0 Å². The van der Waals surface area contributed by atoms with Crippen molar-refractivity contribution in [2.45, 2.75) is 25.9 Å². The first-order valence-corrected chi connectivity index (χ1v) is 9.71. The summed E-state index contributed by atoms with van der Waals surface area (Å²) in [7, 11) is 0. The van der Waals surface area contributed by atoms with E-state index in [1.165, 1.54) is 0 Å². The van der Waals surface area contributed by atoms with Crippen LogP contribution in [0.5, 0.6) is 0 Å². The lowest BCUT2D eigenvalue weighted by Gasteiger charge is -2.19. The highest BCUT2D eigenvalue weighted by Gasteiger charge is 2.28. The van der Waals surface area contributed by atoms with Crippen LogP contribution in [0.3, 0.4) is 0 Å². The van der Waals surface area contributed by atoms with Crippen LogP contribution in [0.2, 0.25) is 0 Å². The van der Waals surface area contributed by atoms with Crippen LogP contribution in [0.15, 0.2) is 60.7 Å². The number of hydrogen-bond donors (Lipinski definition) is 0. The molecule has 1 aliphatic heterocycles. The van der Waals surface area contributed by atoms with E-state index in [0.29, 0.717) is 18.9 Å². The van der Waals surface area contributed by atoms with Gasteiger partial charge in [-0.3, -0.25) is 4.79 Å². The van der Waals surface area contributed by atoms with Crippen LogP contribution in [0, 0.1) is 0 Å². The van der Waals surface area contributed by atoms with Gasteiger partial charge in [-0.05, 0) is 31.9 Å². The molecule has 7 heteroatoms. The van der Waals surface area contributed by atoms with E-state index in [4.69, 9.17) is 4.74 Å². The van der Waals surface area contributed by atoms with Crippen LogP contribution >= 0.6 is 0 Å². The predicted molar refractivity (Wildman–Crippen MR) is 107 cm³/mol. The minimum Gasteiger partial charge on any atom is -0.447 e. The van der Waals surface area contributed by atoms with Crippen LogP contribution in [-0.4, -0.2) is 50.7 Å². The highest BCUT2D eigenvalue weighted by atomic mass is 16.5. The zero-order valence-electron chi connectivity index (χ0n) is 16.2. The molecule has 1 fully saturated rings. The summed E-state index contributed by atoms with van der Waals surface area (Å²) in [6.07, 6.45) is 1.09. The average Bonchev–Trinajstić information content (AvgIpc) is 3.45. The summed E-state index contributed by atoms with van der Waals surface area (Å²) in [5, 5.41) is 4.37. The van der Waals surface area contributed by atoms with E-state index in [-0.39, 0.29) is 11.7 Å². The molecule has 148 valence electrons. The lowest BCUT2D eigenvalue weighted by atomic mass is 10.2. The van der Waals surface area contributed by atoms with E-state index in [2.05, 4.69) is 10.1 Å². The van der Waals surface area contributed by atoms with Crippen molar-refractivity contribution in [2.75, 3.05) is 13.1 Å². The van der Waals surface area contributed by atoms with E-state index in [0.717, 1.165) is 24.1 Å². The Hall–Kier alpha value is -3.48. The van der Waals surface area contributed by atoms with Gasteiger partial charge in [0.1, 0.15) is 0 Å². The third-order valence-corrected chi connectivity index (χ3v) is 4.87. The molecule has 1 unspecified atom stereocenters. The summed E-state index contributed by atoms with van der Waals surface area (Å²) in [6, 6.07) is 19.0. The largest absolute Gasteiger partial charge is 0.447 e. The molecule has 1 aromatic heterocycles. The zero-order valence-corrected chi connectivity index (χ0v) is 16.2. The Kier molecular flexibility index (Phi) is 5.37. The van der Waals surface area contributed by atoms with Gasteiger partial charge in [0.05, 0.1) is 5.69 Å². The van der Waals surface area contributed by atoms with E-state index < -0.39 is 12.1 Å². The Bertz CT molecular complexity index is 938. The van der Waals surface area contributed by atoms with Gasteiger partial charge in [-0.2, -0.15) is 0 Å². The normalized spacial score (nSPS) is 14.6. The number of hydrogen-bond acceptors (Lipinski definition) is 5. The molecule has 1 saturated heterocycles. The van der Waals surface area contributed by atoms with Crippen molar-refractivity contribution in [1.82, 2.24) is 19.7 Å². The van der Waals surface area contributed by atoms with Gasteiger partial charge in [-0.25, -0.2) is 14.5 Å². The van der Waals surface area contributed by atoms with Gasteiger partial charge in [0, 0.05) is 18.7 Å². The summed E-state index contributed by atoms with van der Waals surface area (Å²) >= 11 is 0. The molecule has 0 aliphatic carbocycles. The fourth-order valence-electron chi connectivity index (χ4n) is 3.38. The number of benzene rings is 2. The van der Waals surface area contributed by atoms with Gasteiger partial charge < -0.3 is 9.64 Å². The van der Waals surface area contributed by atoms with Crippen LogP contribution < -0.4 is 0 Å². The van der Waals surface area contributed by atoms with Gasteiger partial charge in [-0.1, -0.05) is 48.5 Å². The second kappa shape index (κ2) is 8.26. The molecular weight excluding hydrogens is 368 g/mol. The van der Waals surface area contributed by atoms with Crippen LogP contribution in [0.25, 0.3) is 17.1 Å². The average molecular weight is 390 g/mol. The number of nitrogens with zero attached hydrogens (tertiary/aromatic N) is 4. The molecule has 29 heavy (non-hydrogen) atoms. The molecule has 0 saturated carbocycles. The van der Waals surface area contributed by atoms with Crippen LogP contribution in [0.1, 0.15) is 30.4 Å². The second-order valence-corrected chi connectivity index (χ2v) is 6.95. The maximum atomic E-state index is 12.7. The molecule has 2 aromatic carbocycles. The maximum Gasteiger partial charge on any atom is 0.379 e. The molecule has 0 bridgehead atoms. The van der Waals surface area contributed by atoms with Gasteiger partial charge in [0.25, 0.3) is 11.7 Å². The number of rotatable bonds is 5. The molecule has 0 spiro atoms. The lowest BCUT2D eigenvalue weighted by Crippen LogP contribution is -2.38. The quantitative estimate of drug-likeness (QED) is 0.626. The van der Waals surface area contributed by atoms with Gasteiger partial charge in [0.2, 0.25) is 0 Å². The van der Waals surface area contributed by atoms with Crippen molar-refractivity contribution >= 4 is 11.9 Å². The van der Waals surface area contributed by atoms with Gasteiger partial charge in [0.15, 0.2) is 11.9 Å². The van der Waals surface area contributed by atoms with E-state index in [9.17, 15) is 9.59 Å². The van der Waals surface area contributed by atoms with Gasteiger partial charge >= 0.3 is 5.97 Å². The van der Waals surface area contributed by atoms with E-state index in [1.54, 1.807) is 16.5 Å². The number of likely N-dealkylation sites (tertiary alicyclic amines) is 1. The molecule has 3 aromatic rings. The topological polar surface area (TPSA) is 77.3 Å². The Morgan fingerprint density at radius 1 is 0.966 bits per heavy atom.